The molecule has 0 spiro atoms. The van der Waals surface area contributed by atoms with Crippen LogP contribution in [0.1, 0.15) is 44.0 Å². The highest BCUT2D eigenvalue weighted by molar-refractivity contribution is 6.30. The van der Waals surface area contributed by atoms with Crippen molar-refractivity contribution >= 4 is 11.6 Å². The van der Waals surface area contributed by atoms with Crippen LogP contribution in [0.2, 0.25) is 5.02 Å². The minimum absolute atomic E-state index is 0.0932. The van der Waals surface area contributed by atoms with E-state index < -0.39 is 0 Å². The van der Waals surface area contributed by atoms with Crippen molar-refractivity contribution in [3.8, 4) is 5.75 Å². The number of piperidine rings is 1. The fraction of sp³-hybridized carbons (Fsp3) is 0.414. The van der Waals surface area contributed by atoms with Crippen LogP contribution in [0, 0.1) is 11.7 Å². The Morgan fingerprint density at radius 3 is 2.37 bits per heavy atom. The monoisotopic (exact) mass is 495 g/mol. The maximum Gasteiger partial charge on any atom is 0.123 e. The van der Waals surface area contributed by atoms with Crippen LogP contribution in [0.25, 0.3) is 0 Å². The van der Waals surface area contributed by atoms with Gasteiger partial charge in [0.25, 0.3) is 0 Å². The fourth-order valence-electron chi connectivity index (χ4n) is 4.84. The highest BCUT2D eigenvalue weighted by Crippen LogP contribution is 2.32. The maximum atomic E-state index is 13.1. The number of pyridine rings is 1. The first-order chi connectivity index (χ1) is 17.0. The van der Waals surface area contributed by atoms with Gasteiger partial charge in [0, 0.05) is 30.4 Å². The quantitative estimate of drug-likeness (QED) is 0.322. The minimum atomic E-state index is -0.240. The molecule has 35 heavy (non-hydrogen) atoms. The molecule has 186 valence electrons. The van der Waals surface area contributed by atoms with Gasteiger partial charge < -0.3 is 4.74 Å². The van der Waals surface area contributed by atoms with E-state index in [9.17, 15) is 4.39 Å². The molecule has 0 saturated carbocycles. The number of nitrogens with zero attached hydrogens (tertiary/aromatic N) is 3. The summed E-state index contributed by atoms with van der Waals surface area (Å²) in [4.78, 5) is 9.79. The summed E-state index contributed by atoms with van der Waals surface area (Å²) in [5.74, 6) is 1.11. The molecule has 4 nitrogen and oxygen atoms in total. The number of benzene rings is 2. The van der Waals surface area contributed by atoms with E-state index >= 15 is 0 Å². The van der Waals surface area contributed by atoms with E-state index in [2.05, 4.69) is 47.9 Å². The SMILES string of the molecule is CC(C)N(CC1CCN(CCOc2ccc(F)cc2)CC1)C(c1ccc(Cl)cc1)c1ccccn1. The first-order valence-electron chi connectivity index (χ1n) is 12.5. The standard InChI is InChI=1S/C29H35ClFN3O/c1-22(2)34(29(28-5-3-4-16-32-28)24-6-8-25(30)9-7-24)21-23-14-17-33(18-15-23)19-20-35-27-12-10-26(31)11-13-27/h3-13,16,22-23,29H,14-15,17-21H2,1-2H3. The fourth-order valence-corrected chi connectivity index (χ4v) is 4.97. The number of likely N-dealkylation sites (tertiary alicyclic amines) is 1. The van der Waals surface area contributed by atoms with Gasteiger partial charge in [0.05, 0.1) is 11.7 Å². The summed E-state index contributed by atoms with van der Waals surface area (Å²) in [7, 11) is 0. The molecule has 1 aromatic heterocycles. The Morgan fingerprint density at radius 1 is 1.03 bits per heavy atom. The Labute approximate surface area is 213 Å². The number of halogens is 2. The topological polar surface area (TPSA) is 28.6 Å². The molecule has 2 heterocycles. The molecular weight excluding hydrogens is 461 g/mol. The number of hydrogen-bond acceptors (Lipinski definition) is 4. The van der Waals surface area contributed by atoms with Crippen LogP contribution in [-0.2, 0) is 0 Å². The van der Waals surface area contributed by atoms with Crippen molar-refractivity contribution in [2.24, 2.45) is 5.92 Å². The van der Waals surface area contributed by atoms with E-state index in [1.54, 1.807) is 12.1 Å². The third-order valence-corrected chi connectivity index (χ3v) is 7.07. The summed E-state index contributed by atoms with van der Waals surface area (Å²) in [5, 5.41) is 0.750. The summed E-state index contributed by atoms with van der Waals surface area (Å²) in [6.07, 6.45) is 4.20. The number of aromatic nitrogens is 1. The third-order valence-electron chi connectivity index (χ3n) is 6.81. The van der Waals surface area contributed by atoms with Gasteiger partial charge in [-0.2, -0.15) is 0 Å². The molecule has 1 saturated heterocycles. The molecule has 1 aliphatic heterocycles. The summed E-state index contributed by atoms with van der Waals surface area (Å²) in [6.45, 7) is 9.21. The lowest BCUT2D eigenvalue weighted by Gasteiger charge is -2.40. The van der Waals surface area contributed by atoms with Crippen molar-refractivity contribution in [1.29, 1.82) is 0 Å². The lowest BCUT2D eigenvalue weighted by atomic mass is 9.93. The van der Waals surface area contributed by atoms with Gasteiger partial charge in [-0.15, -0.1) is 0 Å². The van der Waals surface area contributed by atoms with Gasteiger partial charge in [0.2, 0.25) is 0 Å². The second-order valence-corrected chi connectivity index (χ2v) is 10.0. The Balaban J connectivity index is 1.36. The van der Waals surface area contributed by atoms with Crippen molar-refractivity contribution in [2.45, 2.75) is 38.8 Å². The largest absolute Gasteiger partial charge is 0.492 e. The first-order valence-corrected chi connectivity index (χ1v) is 12.9. The Bertz CT molecular complexity index is 1020. The molecule has 0 bridgehead atoms. The lowest BCUT2D eigenvalue weighted by Crippen LogP contribution is -2.43. The van der Waals surface area contributed by atoms with Crippen molar-refractivity contribution in [2.75, 3.05) is 32.8 Å². The third kappa shape index (κ3) is 7.26. The zero-order valence-electron chi connectivity index (χ0n) is 20.6. The van der Waals surface area contributed by atoms with E-state index in [1.807, 2.05) is 24.4 Å². The van der Waals surface area contributed by atoms with Crippen molar-refractivity contribution < 1.29 is 9.13 Å². The van der Waals surface area contributed by atoms with Crippen molar-refractivity contribution in [3.05, 3.63) is 95.0 Å². The minimum Gasteiger partial charge on any atom is -0.492 e. The molecule has 0 N–H and O–H groups in total. The molecule has 6 heteroatoms. The van der Waals surface area contributed by atoms with Crippen molar-refractivity contribution in [3.63, 3.8) is 0 Å². The molecule has 4 rings (SSSR count). The predicted octanol–water partition coefficient (Wildman–Crippen LogP) is 6.46. The van der Waals surface area contributed by atoms with Gasteiger partial charge in [-0.05, 0) is 99.8 Å². The zero-order chi connectivity index (χ0) is 24.6. The lowest BCUT2D eigenvalue weighted by molar-refractivity contribution is 0.0983. The summed E-state index contributed by atoms with van der Waals surface area (Å²) in [6, 6.07) is 21.0. The smallest absolute Gasteiger partial charge is 0.123 e. The molecular formula is C29H35ClFN3O. The van der Waals surface area contributed by atoms with Crippen LogP contribution in [0.3, 0.4) is 0 Å². The van der Waals surface area contributed by atoms with Crippen LogP contribution >= 0.6 is 11.6 Å². The number of hydrogen-bond donors (Lipinski definition) is 0. The first kappa shape index (κ1) is 25.6. The molecule has 1 unspecified atom stereocenters. The summed E-state index contributed by atoms with van der Waals surface area (Å²) < 4.78 is 18.9. The Kier molecular flexibility index (Phi) is 9.13. The molecule has 1 fully saturated rings. The van der Waals surface area contributed by atoms with E-state index in [0.29, 0.717) is 18.6 Å². The van der Waals surface area contributed by atoms with E-state index in [0.717, 1.165) is 55.5 Å². The van der Waals surface area contributed by atoms with Crippen LogP contribution in [-0.4, -0.2) is 53.6 Å². The van der Waals surface area contributed by atoms with Crippen LogP contribution in [0.5, 0.6) is 5.75 Å². The van der Waals surface area contributed by atoms with E-state index in [-0.39, 0.29) is 11.9 Å². The van der Waals surface area contributed by atoms with Crippen LogP contribution < -0.4 is 4.74 Å². The van der Waals surface area contributed by atoms with Gasteiger partial charge in [-0.1, -0.05) is 29.8 Å². The molecule has 3 aromatic rings. The second-order valence-electron chi connectivity index (χ2n) is 9.59. The van der Waals surface area contributed by atoms with Crippen molar-refractivity contribution in [1.82, 2.24) is 14.8 Å². The average Bonchev–Trinajstić information content (AvgIpc) is 2.87. The number of ether oxygens (including phenoxy) is 1. The summed E-state index contributed by atoms with van der Waals surface area (Å²) >= 11 is 6.19. The second kappa shape index (κ2) is 12.5. The molecule has 1 atom stereocenters. The molecule has 2 aromatic carbocycles. The van der Waals surface area contributed by atoms with Crippen LogP contribution in [0.15, 0.2) is 72.9 Å². The van der Waals surface area contributed by atoms with Gasteiger partial charge in [-0.25, -0.2) is 4.39 Å². The Morgan fingerprint density at radius 2 is 1.74 bits per heavy atom. The highest BCUT2D eigenvalue weighted by Gasteiger charge is 2.29. The zero-order valence-corrected chi connectivity index (χ0v) is 21.4. The van der Waals surface area contributed by atoms with E-state index in [1.165, 1.54) is 17.7 Å². The van der Waals surface area contributed by atoms with E-state index in [4.69, 9.17) is 21.3 Å². The Hall–Kier alpha value is -2.47. The van der Waals surface area contributed by atoms with Gasteiger partial charge >= 0.3 is 0 Å². The molecule has 1 aliphatic rings. The normalized spacial score (nSPS) is 16.1. The van der Waals surface area contributed by atoms with Gasteiger partial charge in [0.1, 0.15) is 18.2 Å². The van der Waals surface area contributed by atoms with Gasteiger partial charge in [0.15, 0.2) is 0 Å². The van der Waals surface area contributed by atoms with Gasteiger partial charge in [-0.3, -0.25) is 14.8 Å². The highest BCUT2D eigenvalue weighted by atomic mass is 35.5. The molecule has 0 radical (unpaired) electrons. The maximum absolute atomic E-state index is 13.1. The average molecular weight is 496 g/mol. The number of rotatable bonds is 10. The summed E-state index contributed by atoms with van der Waals surface area (Å²) in [5.41, 5.74) is 2.29. The molecule has 0 amide bonds. The van der Waals surface area contributed by atoms with Crippen LogP contribution in [0.4, 0.5) is 4.39 Å². The molecule has 0 aliphatic carbocycles. The predicted molar refractivity (Wildman–Crippen MR) is 140 cm³/mol.